The van der Waals surface area contributed by atoms with E-state index in [1.54, 1.807) is 19.2 Å². The second-order valence-corrected chi connectivity index (χ2v) is 16.9. The van der Waals surface area contributed by atoms with Crippen LogP contribution in [0.1, 0.15) is 62.1 Å². The Morgan fingerprint density at radius 3 is 2.65 bits per heavy atom. The number of aryl methyl sites for hydroxylation is 1. The maximum absolute atomic E-state index is 13.9. The van der Waals surface area contributed by atoms with Crippen LogP contribution in [0.3, 0.4) is 0 Å². The lowest BCUT2D eigenvalue weighted by Gasteiger charge is -2.45. The Bertz CT molecular complexity index is 1750. The summed E-state index contributed by atoms with van der Waals surface area (Å²) in [7, 11) is -0.183. The molecule has 4 aliphatic rings. The molecule has 6 atom stereocenters. The molecule has 6 rings (SSSR count). The zero-order valence-corrected chi connectivity index (χ0v) is 30.1. The van der Waals surface area contributed by atoms with E-state index < -0.39 is 40.1 Å². The van der Waals surface area contributed by atoms with Gasteiger partial charge in [-0.1, -0.05) is 35.9 Å². The number of hydrogen-bond acceptors (Lipinski definition) is 8. The predicted octanol–water partition coefficient (Wildman–Crippen LogP) is 3.51. The zero-order chi connectivity index (χ0) is 35.3. The van der Waals surface area contributed by atoms with Gasteiger partial charge < -0.3 is 24.7 Å². The molecule has 11 nitrogen and oxygen atoms in total. The van der Waals surface area contributed by atoms with Crippen molar-refractivity contribution in [2.24, 2.45) is 11.8 Å². The number of rotatable bonds is 3. The van der Waals surface area contributed by atoms with Crippen LogP contribution in [0.25, 0.3) is 0 Å². The number of aliphatic hydroxyl groups excluding tert-OH is 1. The van der Waals surface area contributed by atoms with Crippen molar-refractivity contribution < 1.29 is 33.0 Å². The summed E-state index contributed by atoms with van der Waals surface area (Å²) in [4.78, 5) is 31.2. The van der Waals surface area contributed by atoms with Crippen molar-refractivity contribution in [3.8, 4) is 5.75 Å². The van der Waals surface area contributed by atoms with Crippen molar-refractivity contribution in [1.29, 1.82) is 0 Å². The van der Waals surface area contributed by atoms with Crippen LogP contribution in [-0.2, 0) is 37.2 Å². The standard InChI is InChI=1S/C36H47ClN4O7S/c1-23-7-5-9-31(42)28-13-10-25(28)20-41-21-35(16-6-8-24-17-27(37)12-14-29(24)35)22-48-32-15-11-26(18-30(32)41)36(45,19-33(43)40(23)4)34(44)38-49(46,47)39(2)3/h5,9,11-12,14-15,17-18,23,25,28,31,42,45H,6-8,10,13,16,19-22H2,1-4H3,(H,38,44)/b9-5+/t23-,25-,28+,31-,35-,36?/m0/s1. The molecule has 1 saturated carbocycles. The molecule has 266 valence electrons. The lowest BCUT2D eigenvalue weighted by molar-refractivity contribution is -0.149. The van der Waals surface area contributed by atoms with E-state index in [1.165, 1.54) is 36.2 Å². The molecule has 1 unspecified atom stereocenters. The van der Waals surface area contributed by atoms with Gasteiger partial charge in [0, 0.05) is 50.7 Å². The van der Waals surface area contributed by atoms with E-state index in [2.05, 4.69) is 11.0 Å². The Hall–Kier alpha value is -3.16. The molecule has 0 saturated heterocycles. The lowest BCUT2D eigenvalue weighted by atomic mass is 9.68. The van der Waals surface area contributed by atoms with E-state index in [9.17, 15) is 28.2 Å². The van der Waals surface area contributed by atoms with Crippen molar-refractivity contribution >= 4 is 39.3 Å². The van der Waals surface area contributed by atoms with Crippen LogP contribution in [0.2, 0.25) is 5.02 Å². The molecular formula is C36H47ClN4O7S. The molecule has 2 aromatic carbocycles. The molecule has 2 heterocycles. The Kier molecular flexibility index (Phi) is 9.84. The number of anilines is 1. The zero-order valence-electron chi connectivity index (χ0n) is 28.6. The number of amides is 2. The fourth-order valence-corrected chi connectivity index (χ4v) is 8.62. The summed E-state index contributed by atoms with van der Waals surface area (Å²) in [6.07, 6.45) is 7.38. The maximum Gasteiger partial charge on any atom is 0.303 e. The van der Waals surface area contributed by atoms with Crippen LogP contribution in [-0.4, -0.2) is 92.6 Å². The van der Waals surface area contributed by atoms with Gasteiger partial charge in [0.2, 0.25) is 5.91 Å². The molecule has 0 radical (unpaired) electrons. The Balaban J connectivity index is 1.48. The number of ether oxygens (including phenoxy) is 1. The highest BCUT2D eigenvalue weighted by atomic mass is 35.5. The third-order valence-corrected chi connectivity index (χ3v) is 12.9. The number of benzene rings is 2. The van der Waals surface area contributed by atoms with Crippen LogP contribution in [0.15, 0.2) is 48.6 Å². The smallest absolute Gasteiger partial charge is 0.303 e. The predicted molar refractivity (Wildman–Crippen MR) is 188 cm³/mol. The summed E-state index contributed by atoms with van der Waals surface area (Å²) in [5.41, 5.74) is 0.172. The first-order valence-corrected chi connectivity index (χ1v) is 18.8. The molecule has 2 amide bonds. The summed E-state index contributed by atoms with van der Waals surface area (Å²) in [6.45, 7) is 3.41. The van der Waals surface area contributed by atoms with E-state index in [0.29, 0.717) is 42.6 Å². The molecule has 2 aromatic rings. The molecule has 2 bridgehead atoms. The Morgan fingerprint density at radius 1 is 1.16 bits per heavy atom. The number of nitrogens with zero attached hydrogens (tertiary/aromatic N) is 3. The number of nitrogens with one attached hydrogen (secondary N) is 1. The molecule has 2 aliphatic carbocycles. The van der Waals surface area contributed by atoms with Gasteiger partial charge in [-0.2, -0.15) is 12.7 Å². The largest absolute Gasteiger partial charge is 0.490 e. The van der Waals surface area contributed by atoms with Crippen LogP contribution in [0.5, 0.6) is 5.75 Å². The molecule has 3 N–H and O–H groups in total. The highest BCUT2D eigenvalue weighted by Crippen LogP contribution is 2.47. The van der Waals surface area contributed by atoms with Crippen molar-refractivity contribution in [1.82, 2.24) is 13.9 Å². The highest BCUT2D eigenvalue weighted by molar-refractivity contribution is 7.87. The summed E-state index contributed by atoms with van der Waals surface area (Å²) in [5.74, 6) is -1.01. The third-order valence-electron chi connectivity index (χ3n) is 11.2. The van der Waals surface area contributed by atoms with Gasteiger partial charge in [-0.05, 0) is 98.2 Å². The van der Waals surface area contributed by atoms with Crippen molar-refractivity contribution in [3.63, 3.8) is 0 Å². The molecule has 13 heteroatoms. The number of aliphatic hydroxyl groups is 2. The third kappa shape index (κ3) is 6.82. The fourth-order valence-electron chi connectivity index (χ4n) is 7.84. The van der Waals surface area contributed by atoms with Crippen LogP contribution in [0, 0.1) is 11.8 Å². The fraction of sp³-hybridized carbons (Fsp3) is 0.556. The van der Waals surface area contributed by atoms with Crippen LogP contribution < -0.4 is 14.4 Å². The number of fused-ring (bicyclic) bond motifs is 4. The molecule has 1 spiro atoms. The molecule has 1 fully saturated rings. The Labute approximate surface area is 294 Å². The summed E-state index contributed by atoms with van der Waals surface area (Å²) >= 11 is 6.42. The number of halogens is 1. The minimum atomic E-state index is -4.30. The van der Waals surface area contributed by atoms with E-state index in [4.69, 9.17) is 16.3 Å². The van der Waals surface area contributed by atoms with Crippen LogP contribution in [0.4, 0.5) is 5.69 Å². The first-order valence-electron chi connectivity index (χ1n) is 17.0. The molecule has 2 aliphatic heterocycles. The SMILES string of the molecule is C[C@H]1C/C=C/[C@H](O)[C@@H]2CC[C@H]2CN2C[C@@]3(CCCc4cc(Cl)ccc43)COc3ccc(cc32)C(O)(C(=O)NS(=O)(=O)N(C)C)CC(=O)N1C. The maximum atomic E-state index is 13.9. The van der Waals surface area contributed by atoms with Gasteiger partial charge in [0.25, 0.3) is 5.91 Å². The molecule has 49 heavy (non-hydrogen) atoms. The second kappa shape index (κ2) is 13.5. The van der Waals surface area contributed by atoms with Gasteiger partial charge in [-0.3, -0.25) is 9.59 Å². The topological polar surface area (TPSA) is 140 Å². The van der Waals surface area contributed by atoms with E-state index >= 15 is 0 Å². The number of hydrogen-bond donors (Lipinski definition) is 3. The van der Waals surface area contributed by atoms with Crippen molar-refractivity contribution in [3.05, 3.63) is 70.3 Å². The normalized spacial score (nSPS) is 31.2. The first kappa shape index (κ1) is 35.7. The monoisotopic (exact) mass is 714 g/mol. The minimum Gasteiger partial charge on any atom is -0.490 e. The summed E-state index contributed by atoms with van der Waals surface area (Å²) in [5, 5.41) is 24.2. The summed E-state index contributed by atoms with van der Waals surface area (Å²) in [6, 6.07) is 10.6. The second-order valence-electron chi connectivity index (χ2n) is 14.6. The number of carbonyl (C=O) groups is 2. The summed E-state index contributed by atoms with van der Waals surface area (Å²) < 4.78 is 35.0. The van der Waals surface area contributed by atoms with E-state index in [1.807, 2.05) is 35.9 Å². The van der Waals surface area contributed by atoms with Gasteiger partial charge in [0.15, 0.2) is 5.60 Å². The Morgan fingerprint density at radius 2 is 1.94 bits per heavy atom. The number of carbonyl (C=O) groups excluding carboxylic acids is 2. The van der Waals surface area contributed by atoms with Crippen molar-refractivity contribution in [2.45, 2.75) is 75.0 Å². The van der Waals surface area contributed by atoms with Gasteiger partial charge in [0.05, 0.1) is 24.8 Å². The first-order chi connectivity index (χ1) is 23.1. The quantitative estimate of drug-likeness (QED) is 0.411. The van der Waals surface area contributed by atoms with Gasteiger partial charge in [0.1, 0.15) is 5.75 Å². The van der Waals surface area contributed by atoms with Crippen molar-refractivity contribution in [2.75, 3.05) is 45.7 Å². The van der Waals surface area contributed by atoms with Gasteiger partial charge >= 0.3 is 10.2 Å². The van der Waals surface area contributed by atoms with E-state index in [-0.39, 0.29) is 28.9 Å². The van der Waals surface area contributed by atoms with E-state index in [0.717, 1.165) is 36.4 Å². The lowest BCUT2D eigenvalue weighted by Crippen LogP contribution is -2.52. The van der Waals surface area contributed by atoms with Gasteiger partial charge in [-0.15, -0.1) is 0 Å². The molecular weight excluding hydrogens is 668 g/mol. The average molecular weight is 715 g/mol. The minimum absolute atomic E-state index is 0.0435. The highest BCUT2D eigenvalue weighted by Gasteiger charge is 2.47. The van der Waals surface area contributed by atoms with Crippen LogP contribution >= 0.6 is 11.6 Å². The molecule has 0 aromatic heterocycles. The average Bonchev–Trinajstić information content (AvgIpc) is 3.18. The van der Waals surface area contributed by atoms with Gasteiger partial charge in [-0.25, -0.2) is 4.72 Å².